The Hall–Kier alpha value is -2.56. The summed E-state index contributed by atoms with van der Waals surface area (Å²) in [5.41, 5.74) is 4.23. The summed E-state index contributed by atoms with van der Waals surface area (Å²) < 4.78 is 18.3. The highest BCUT2D eigenvalue weighted by molar-refractivity contribution is 5.69. The van der Waals surface area contributed by atoms with Gasteiger partial charge < -0.3 is 14.9 Å². The van der Waals surface area contributed by atoms with Crippen molar-refractivity contribution in [1.29, 1.82) is 5.26 Å². The number of ether oxygens (including phenoxy) is 1. The maximum absolute atomic E-state index is 13.7. The van der Waals surface area contributed by atoms with Crippen molar-refractivity contribution in [3.05, 3.63) is 46.3 Å². The Balaban J connectivity index is 2.48. The van der Waals surface area contributed by atoms with Gasteiger partial charge in [0.15, 0.2) is 0 Å². The van der Waals surface area contributed by atoms with Crippen LogP contribution in [0.25, 0.3) is 6.08 Å². The summed E-state index contributed by atoms with van der Waals surface area (Å²) in [6, 6.07) is 2.22. The molecule has 0 saturated carbocycles. The van der Waals surface area contributed by atoms with Crippen LogP contribution in [0.2, 0.25) is 0 Å². The fraction of sp³-hybridized carbons (Fsp3) is 0.560. The normalized spacial score (nSPS) is 20.3. The number of halogens is 1. The summed E-state index contributed by atoms with van der Waals surface area (Å²) in [5.74, 6) is -0.504. The van der Waals surface area contributed by atoms with Gasteiger partial charge in [-0.2, -0.15) is 5.26 Å². The van der Waals surface area contributed by atoms with Crippen molar-refractivity contribution in [2.24, 2.45) is 0 Å². The van der Waals surface area contributed by atoms with Gasteiger partial charge in [-0.25, -0.2) is 4.39 Å². The number of hydrogen-bond donors (Lipinski definition) is 2. The van der Waals surface area contributed by atoms with Crippen molar-refractivity contribution in [1.82, 2.24) is 4.98 Å². The molecule has 2 N–H and O–H groups in total. The summed E-state index contributed by atoms with van der Waals surface area (Å²) >= 11 is 0. The van der Waals surface area contributed by atoms with E-state index in [1.807, 2.05) is 26.8 Å². The molecule has 1 aromatic heterocycles. The van der Waals surface area contributed by atoms with Crippen LogP contribution in [0.4, 0.5) is 4.39 Å². The van der Waals surface area contributed by atoms with Crippen LogP contribution in [0.15, 0.2) is 18.2 Å². The molecule has 0 aromatic carbocycles. The third-order valence-corrected chi connectivity index (χ3v) is 5.72. The Labute approximate surface area is 189 Å². The Morgan fingerprint density at radius 1 is 1.38 bits per heavy atom. The van der Waals surface area contributed by atoms with Gasteiger partial charge in [-0.15, -0.1) is 0 Å². The molecule has 7 heteroatoms. The van der Waals surface area contributed by atoms with E-state index in [0.717, 1.165) is 28.1 Å². The number of aliphatic hydroxyl groups is 2. The fourth-order valence-corrected chi connectivity index (χ4v) is 4.09. The van der Waals surface area contributed by atoms with Crippen LogP contribution >= 0.6 is 0 Å². The minimum Gasteiger partial charge on any atom is -0.469 e. The van der Waals surface area contributed by atoms with Crippen molar-refractivity contribution in [2.75, 3.05) is 7.11 Å². The van der Waals surface area contributed by atoms with E-state index in [0.29, 0.717) is 12.8 Å². The van der Waals surface area contributed by atoms with Crippen LogP contribution in [0, 0.1) is 18.3 Å². The van der Waals surface area contributed by atoms with Gasteiger partial charge in [0.05, 0.1) is 43.9 Å². The summed E-state index contributed by atoms with van der Waals surface area (Å²) in [4.78, 5) is 16.1. The maximum atomic E-state index is 13.7. The summed E-state index contributed by atoms with van der Waals surface area (Å²) in [6.45, 7) is 5.94. The molecule has 0 radical (unpaired) electrons. The molecule has 2 rings (SSSR count). The number of allylic oxidation sites excluding steroid dienone is 2. The number of carbonyl (C=O) groups excluding carboxylic acids is 1. The number of aryl methyl sites for hydroxylation is 1. The zero-order valence-electron chi connectivity index (χ0n) is 19.2. The molecule has 4 atom stereocenters. The number of carbonyl (C=O) groups is 1. The second kappa shape index (κ2) is 11.9. The predicted molar refractivity (Wildman–Crippen MR) is 121 cm³/mol. The molecule has 0 fully saturated rings. The zero-order valence-corrected chi connectivity index (χ0v) is 19.2. The van der Waals surface area contributed by atoms with Gasteiger partial charge in [-0.3, -0.25) is 9.78 Å². The van der Waals surface area contributed by atoms with Gasteiger partial charge >= 0.3 is 5.97 Å². The Morgan fingerprint density at radius 3 is 2.66 bits per heavy atom. The highest BCUT2D eigenvalue weighted by Gasteiger charge is 2.26. The minimum absolute atomic E-state index is 0.0187. The van der Waals surface area contributed by atoms with E-state index in [1.165, 1.54) is 7.11 Å². The van der Waals surface area contributed by atoms with Gasteiger partial charge in [-0.1, -0.05) is 38.2 Å². The van der Waals surface area contributed by atoms with E-state index in [1.54, 1.807) is 18.2 Å². The predicted octanol–water partition coefficient (Wildman–Crippen LogP) is 4.04. The molecule has 0 spiro atoms. The first kappa shape index (κ1) is 25.7. The Bertz CT molecular complexity index is 904. The largest absolute Gasteiger partial charge is 0.469 e. The first-order valence-corrected chi connectivity index (χ1v) is 11.0. The number of hydrogen-bond acceptors (Lipinski definition) is 6. The van der Waals surface area contributed by atoms with Gasteiger partial charge in [0.25, 0.3) is 0 Å². The number of esters is 1. The molecule has 1 aromatic rings. The smallest absolute Gasteiger partial charge is 0.308 e. The van der Waals surface area contributed by atoms with Crippen molar-refractivity contribution in [3.8, 4) is 6.07 Å². The maximum Gasteiger partial charge on any atom is 0.308 e. The van der Waals surface area contributed by atoms with Crippen LogP contribution < -0.4 is 0 Å². The van der Waals surface area contributed by atoms with E-state index in [4.69, 9.17) is 4.98 Å². The van der Waals surface area contributed by atoms with Crippen molar-refractivity contribution < 1.29 is 24.1 Å². The highest BCUT2D eigenvalue weighted by Crippen LogP contribution is 2.38. The Morgan fingerprint density at radius 2 is 2.09 bits per heavy atom. The molecule has 32 heavy (non-hydrogen) atoms. The first-order chi connectivity index (χ1) is 15.2. The van der Waals surface area contributed by atoms with Crippen LogP contribution in [0.3, 0.4) is 0 Å². The third-order valence-electron chi connectivity index (χ3n) is 5.72. The molecule has 0 amide bonds. The minimum atomic E-state index is -1.03. The van der Waals surface area contributed by atoms with Gasteiger partial charge in [0, 0.05) is 23.6 Å². The molecule has 0 saturated heterocycles. The molecule has 174 valence electrons. The van der Waals surface area contributed by atoms with Crippen LogP contribution in [0.5, 0.6) is 0 Å². The van der Waals surface area contributed by atoms with E-state index >= 15 is 0 Å². The average molecular weight is 445 g/mol. The molecule has 1 aliphatic carbocycles. The summed E-state index contributed by atoms with van der Waals surface area (Å²) in [7, 11) is 1.24. The SMILES string of the molecule is COC(=O)C[C@H](O)C[C@H](O)/C=C/c1c(C(C)C)nc(C)c(CC#N)c1C1C=CC(F)CC1. The molecule has 1 aliphatic rings. The number of rotatable bonds is 9. The Kier molecular flexibility index (Phi) is 9.55. The molecular formula is C25H33FN2O4. The second-order valence-corrected chi connectivity index (χ2v) is 8.56. The highest BCUT2D eigenvalue weighted by atomic mass is 19.1. The van der Waals surface area contributed by atoms with E-state index in [-0.39, 0.29) is 31.1 Å². The number of nitriles is 1. The number of methoxy groups -OCH3 is 1. The lowest BCUT2D eigenvalue weighted by molar-refractivity contribution is -0.143. The molecule has 2 unspecified atom stereocenters. The molecule has 0 aliphatic heterocycles. The lowest BCUT2D eigenvalue weighted by Crippen LogP contribution is -2.20. The quantitative estimate of drug-likeness (QED) is 0.440. The molecule has 6 nitrogen and oxygen atoms in total. The number of aliphatic hydroxyl groups excluding tert-OH is 2. The lowest BCUT2D eigenvalue weighted by atomic mass is 9.80. The van der Waals surface area contributed by atoms with E-state index in [9.17, 15) is 24.7 Å². The lowest BCUT2D eigenvalue weighted by Gasteiger charge is -2.26. The number of alkyl halides is 1. The average Bonchev–Trinajstić information content (AvgIpc) is 2.74. The van der Waals surface area contributed by atoms with Gasteiger partial charge in [0.1, 0.15) is 6.17 Å². The fourth-order valence-electron chi connectivity index (χ4n) is 4.09. The third kappa shape index (κ3) is 6.72. The summed E-state index contributed by atoms with van der Waals surface area (Å²) in [6.07, 6.45) is 4.82. The topological polar surface area (TPSA) is 103 Å². The van der Waals surface area contributed by atoms with Crippen LogP contribution in [0.1, 0.15) is 79.4 Å². The van der Waals surface area contributed by atoms with Crippen molar-refractivity contribution >= 4 is 12.0 Å². The van der Waals surface area contributed by atoms with E-state index < -0.39 is 24.3 Å². The molecule has 0 bridgehead atoms. The van der Waals surface area contributed by atoms with Crippen LogP contribution in [-0.4, -0.2) is 46.7 Å². The number of pyridine rings is 1. The second-order valence-electron chi connectivity index (χ2n) is 8.56. The first-order valence-electron chi connectivity index (χ1n) is 11.0. The van der Waals surface area contributed by atoms with Crippen molar-refractivity contribution in [3.63, 3.8) is 0 Å². The van der Waals surface area contributed by atoms with Crippen molar-refractivity contribution in [2.45, 2.75) is 83.1 Å². The van der Waals surface area contributed by atoms with E-state index in [2.05, 4.69) is 10.8 Å². The monoisotopic (exact) mass is 444 g/mol. The van der Waals surface area contributed by atoms with Gasteiger partial charge in [-0.05, 0) is 36.8 Å². The number of nitrogens with zero attached hydrogens (tertiary/aromatic N) is 2. The summed E-state index contributed by atoms with van der Waals surface area (Å²) in [5, 5.41) is 29.8. The molecule has 1 heterocycles. The standard InChI is InChI=1S/C25H33FN2O4/c1-15(2)25-22(10-9-19(29)13-20(30)14-23(31)32-4)24(17-5-7-18(26)8-6-17)21(11-12-27)16(3)28-25/h5,7,9-10,15,17-20,29-30H,6,8,11,13-14H2,1-4H3/b10-9+/t17?,18?,19-,20-/m1/s1. The van der Waals surface area contributed by atoms with Crippen LogP contribution in [-0.2, 0) is 16.0 Å². The number of aromatic nitrogens is 1. The zero-order chi connectivity index (χ0) is 23.8. The molecular weight excluding hydrogens is 411 g/mol. The van der Waals surface area contributed by atoms with Gasteiger partial charge in [0.2, 0.25) is 0 Å².